The summed E-state index contributed by atoms with van der Waals surface area (Å²) in [7, 11) is 6.09. The minimum atomic E-state index is -0.845. The third-order valence-corrected chi connectivity index (χ3v) is 6.80. The zero-order chi connectivity index (χ0) is 25.1. The van der Waals surface area contributed by atoms with Crippen molar-refractivity contribution >= 4 is 35.6 Å². The SMILES string of the molecule is CN1CCN([C@@H]2CN(c3nc(N(C)C)ns3)CC[C@]2(O)c2ccccc2)CC1.O=CO.O=CO. The summed E-state index contributed by atoms with van der Waals surface area (Å²) in [6.45, 7) is 5.05. The number of hydrogen-bond donors (Lipinski definition) is 3. The molecule has 3 N–H and O–H groups in total. The molecule has 34 heavy (non-hydrogen) atoms. The number of piperazine rings is 1. The highest BCUT2D eigenvalue weighted by atomic mass is 32.1. The van der Waals surface area contributed by atoms with Gasteiger partial charge in [0.2, 0.25) is 11.1 Å². The van der Waals surface area contributed by atoms with Crippen molar-refractivity contribution in [1.82, 2.24) is 19.2 Å². The summed E-state index contributed by atoms with van der Waals surface area (Å²) in [5.41, 5.74) is 0.174. The van der Waals surface area contributed by atoms with Crippen LogP contribution in [-0.4, -0.2) is 114 Å². The molecule has 0 bridgehead atoms. The largest absolute Gasteiger partial charge is 0.483 e. The minimum Gasteiger partial charge on any atom is -0.483 e. The number of benzene rings is 1. The van der Waals surface area contributed by atoms with Gasteiger partial charge in [0.25, 0.3) is 12.9 Å². The number of hydrogen-bond acceptors (Lipinski definition) is 10. The van der Waals surface area contributed by atoms with E-state index in [1.54, 1.807) is 0 Å². The van der Waals surface area contributed by atoms with Gasteiger partial charge in [0, 0.05) is 64.9 Å². The molecule has 0 spiro atoms. The Labute approximate surface area is 204 Å². The number of aromatic nitrogens is 2. The van der Waals surface area contributed by atoms with Crippen LogP contribution in [0.15, 0.2) is 30.3 Å². The number of carboxylic acid groups (broad SMARTS) is 2. The van der Waals surface area contributed by atoms with Gasteiger partial charge in [0.1, 0.15) is 5.60 Å². The number of rotatable bonds is 4. The Bertz CT molecular complexity index is 872. The zero-order valence-electron chi connectivity index (χ0n) is 19.8. The van der Waals surface area contributed by atoms with Gasteiger partial charge in [-0.3, -0.25) is 14.5 Å². The van der Waals surface area contributed by atoms with E-state index in [1.165, 1.54) is 11.5 Å². The molecule has 3 heterocycles. The summed E-state index contributed by atoms with van der Waals surface area (Å²) in [6.07, 6.45) is 0.685. The summed E-state index contributed by atoms with van der Waals surface area (Å²) in [5, 5.41) is 26.6. The van der Waals surface area contributed by atoms with E-state index in [4.69, 9.17) is 24.8 Å². The van der Waals surface area contributed by atoms with E-state index in [-0.39, 0.29) is 19.0 Å². The summed E-state index contributed by atoms with van der Waals surface area (Å²) in [6, 6.07) is 10.2. The standard InChI is InChI=1S/C20H30N6OS.2CH2O2/c1-23(2)18-21-19(28-22-18)26-10-9-20(27,16-7-5-4-6-8-16)17(15-26)25-13-11-24(3)12-14-25;2*2-1-3/h4-8,17,27H,9-15H2,1-3H3;2*1H,(H,2,3)/t17-,20+;;/m1../s1. The van der Waals surface area contributed by atoms with Crippen LogP contribution in [0.25, 0.3) is 0 Å². The van der Waals surface area contributed by atoms with Crippen LogP contribution in [0.5, 0.6) is 0 Å². The topological polar surface area (TPSA) is 134 Å². The first kappa shape index (κ1) is 27.4. The van der Waals surface area contributed by atoms with Crippen LogP contribution >= 0.6 is 11.5 Å². The Morgan fingerprint density at radius 2 is 1.65 bits per heavy atom. The predicted molar refractivity (Wildman–Crippen MR) is 132 cm³/mol. The lowest BCUT2D eigenvalue weighted by Gasteiger charge is -2.51. The molecule has 2 aliphatic heterocycles. The number of anilines is 2. The molecule has 1 aromatic carbocycles. The first-order chi connectivity index (χ1) is 16.3. The highest BCUT2D eigenvalue weighted by Crippen LogP contribution is 2.38. The van der Waals surface area contributed by atoms with Crippen LogP contribution in [0, 0.1) is 0 Å². The molecule has 2 saturated heterocycles. The molecule has 0 radical (unpaired) electrons. The summed E-state index contributed by atoms with van der Waals surface area (Å²) in [5.74, 6) is 0.750. The van der Waals surface area contributed by atoms with Crippen LogP contribution in [0.1, 0.15) is 12.0 Å². The van der Waals surface area contributed by atoms with Crippen LogP contribution < -0.4 is 9.80 Å². The molecule has 2 aromatic rings. The van der Waals surface area contributed by atoms with E-state index < -0.39 is 5.60 Å². The lowest BCUT2D eigenvalue weighted by Crippen LogP contribution is -2.63. The summed E-state index contributed by atoms with van der Waals surface area (Å²) < 4.78 is 4.46. The van der Waals surface area contributed by atoms with E-state index in [0.717, 1.165) is 55.9 Å². The fourth-order valence-electron chi connectivity index (χ4n) is 4.23. The smallest absolute Gasteiger partial charge is 0.290 e. The molecule has 11 nitrogen and oxygen atoms in total. The van der Waals surface area contributed by atoms with Gasteiger partial charge in [-0.25, -0.2) is 0 Å². The van der Waals surface area contributed by atoms with Crippen LogP contribution in [-0.2, 0) is 15.2 Å². The second kappa shape index (κ2) is 13.2. The Morgan fingerprint density at radius 3 is 2.18 bits per heavy atom. The normalized spacial score (nSPS) is 23.1. The molecule has 0 saturated carbocycles. The first-order valence-electron chi connectivity index (χ1n) is 10.9. The summed E-state index contributed by atoms with van der Waals surface area (Å²) >= 11 is 1.44. The van der Waals surface area contributed by atoms with Crippen molar-refractivity contribution in [1.29, 1.82) is 0 Å². The Balaban J connectivity index is 0.000000618. The average Bonchev–Trinajstić information content (AvgIpc) is 3.33. The number of piperidine rings is 1. The maximum Gasteiger partial charge on any atom is 0.290 e. The van der Waals surface area contributed by atoms with Gasteiger partial charge >= 0.3 is 0 Å². The molecular weight excluding hydrogens is 460 g/mol. The molecule has 188 valence electrons. The zero-order valence-corrected chi connectivity index (χ0v) is 20.6. The van der Waals surface area contributed by atoms with Gasteiger partial charge in [0.05, 0.1) is 6.04 Å². The molecule has 1 aromatic heterocycles. The monoisotopic (exact) mass is 494 g/mol. The Morgan fingerprint density at radius 1 is 1.06 bits per heavy atom. The van der Waals surface area contributed by atoms with Gasteiger partial charge in [-0.15, -0.1) is 0 Å². The predicted octanol–water partition coefficient (Wildman–Crippen LogP) is 0.720. The van der Waals surface area contributed by atoms with Crippen molar-refractivity contribution in [2.75, 3.05) is 70.2 Å². The summed E-state index contributed by atoms with van der Waals surface area (Å²) in [4.78, 5) is 30.5. The third-order valence-electron chi connectivity index (χ3n) is 6.03. The van der Waals surface area contributed by atoms with E-state index in [0.29, 0.717) is 6.42 Å². The maximum absolute atomic E-state index is 11.9. The third kappa shape index (κ3) is 6.86. The van der Waals surface area contributed by atoms with Crippen LogP contribution in [0.2, 0.25) is 0 Å². The maximum atomic E-state index is 11.9. The molecule has 4 rings (SSSR count). The van der Waals surface area contributed by atoms with Gasteiger partial charge in [0.15, 0.2) is 0 Å². The molecule has 2 aliphatic rings. The fraction of sp³-hybridized carbons (Fsp3) is 0.545. The number of carbonyl (C=O) groups is 2. The van der Waals surface area contributed by atoms with E-state index in [9.17, 15) is 5.11 Å². The van der Waals surface area contributed by atoms with Crippen LogP contribution in [0.4, 0.5) is 11.1 Å². The van der Waals surface area contributed by atoms with Gasteiger partial charge in [-0.1, -0.05) is 30.3 Å². The van der Waals surface area contributed by atoms with Gasteiger partial charge in [-0.05, 0) is 19.0 Å². The minimum absolute atomic E-state index is 0.0315. The Kier molecular flexibility index (Phi) is 10.6. The second-order valence-electron chi connectivity index (χ2n) is 8.32. The fourth-order valence-corrected chi connectivity index (χ4v) is 5.00. The molecular formula is C22H34N6O5S. The molecule has 12 heteroatoms. The lowest BCUT2D eigenvalue weighted by molar-refractivity contribution is -0.123. The quantitative estimate of drug-likeness (QED) is 0.519. The van der Waals surface area contributed by atoms with Crippen molar-refractivity contribution in [2.45, 2.75) is 18.1 Å². The van der Waals surface area contributed by atoms with E-state index in [2.05, 4.69) is 38.3 Å². The number of aliphatic hydroxyl groups is 1. The van der Waals surface area contributed by atoms with Crippen molar-refractivity contribution in [3.63, 3.8) is 0 Å². The highest BCUT2D eigenvalue weighted by Gasteiger charge is 2.46. The van der Waals surface area contributed by atoms with Gasteiger partial charge in [-0.2, -0.15) is 9.36 Å². The van der Waals surface area contributed by atoms with Crippen LogP contribution in [0.3, 0.4) is 0 Å². The molecule has 2 fully saturated rings. The highest BCUT2D eigenvalue weighted by molar-refractivity contribution is 7.09. The van der Waals surface area contributed by atoms with Gasteiger partial charge < -0.3 is 30.0 Å². The van der Waals surface area contributed by atoms with Crippen molar-refractivity contribution < 1.29 is 24.9 Å². The average molecular weight is 495 g/mol. The second-order valence-corrected chi connectivity index (χ2v) is 9.05. The van der Waals surface area contributed by atoms with E-state index >= 15 is 0 Å². The van der Waals surface area contributed by atoms with Crippen molar-refractivity contribution in [3.05, 3.63) is 35.9 Å². The van der Waals surface area contributed by atoms with Crippen molar-refractivity contribution in [2.24, 2.45) is 0 Å². The lowest BCUT2D eigenvalue weighted by atomic mass is 9.79. The molecule has 2 atom stereocenters. The molecule has 0 aliphatic carbocycles. The number of nitrogens with zero attached hydrogens (tertiary/aromatic N) is 6. The Hall–Kier alpha value is -2.80. The van der Waals surface area contributed by atoms with Crippen molar-refractivity contribution in [3.8, 4) is 0 Å². The number of likely N-dealkylation sites (N-methyl/N-ethyl adjacent to an activating group) is 1. The van der Waals surface area contributed by atoms with E-state index in [1.807, 2.05) is 37.2 Å². The first-order valence-corrected chi connectivity index (χ1v) is 11.7. The molecule has 0 unspecified atom stereocenters. The molecule has 0 amide bonds.